The topological polar surface area (TPSA) is 59.4 Å². The normalized spacial score (nSPS) is 15.4. The molecule has 0 bridgehead atoms. The second kappa shape index (κ2) is 6.14. The van der Waals surface area contributed by atoms with Crippen LogP contribution in [0.5, 0.6) is 0 Å². The number of rotatable bonds is 5. The summed E-state index contributed by atoms with van der Waals surface area (Å²) in [6, 6.07) is 7.14. The summed E-state index contributed by atoms with van der Waals surface area (Å²) in [6.45, 7) is 3.59. The highest BCUT2D eigenvalue weighted by Gasteiger charge is 2.31. The first-order chi connectivity index (χ1) is 10.2. The molecule has 1 heterocycles. The molecule has 1 aromatic carbocycles. The van der Waals surface area contributed by atoms with Crippen LogP contribution in [0, 0.1) is 6.92 Å². The van der Waals surface area contributed by atoms with Crippen LogP contribution in [0.25, 0.3) is 10.9 Å². The van der Waals surface area contributed by atoms with Crippen molar-refractivity contribution in [1.29, 1.82) is 0 Å². The highest BCUT2D eigenvalue weighted by Crippen LogP contribution is 2.31. The van der Waals surface area contributed by atoms with E-state index in [4.69, 9.17) is 0 Å². The quantitative estimate of drug-likeness (QED) is 0.833. The molecule has 2 aromatic rings. The molecule has 0 amide bonds. The number of sulfonamides is 1. The van der Waals surface area contributed by atoms with Gasteiger partial charge in [0.15, 0.2) is 0 Å². The van der Waals surface area contributed by atoms with Crippen LogP contribution in [0.2, 0.25) is 0 Å². The SMILES string of the molecule is Cc1c(S(=O)(=O)N(C)[C@H](C)C[S@@](C)=O)c2ccccc2n1C. The van der Waals surface area contributed by atoms with Crippen molar-refractivity contribution in [3.8, 4) is 0 Å². The zero-order chi connectivity index (χ0) is 16.7. The fourth-order valence-corrected chi connectivity index (χ4v) is 5.43. The van der Waals surface area contributed by atoms with Gasteiger partial charge in [-0.2, -0.15) is 4.31 Å². The van der Waals surface area contributed by atoms with Gasteiger partial charge in [0, 0.05) is 59.5 Å². The Morgan fingerprint density at radius 2 is 1.91 bits per heavy atom. The van der Waals surface area contributed by atoms with Gasteiger partial charge in [-0.1, -0.05) is 18.2 Å². The molecule has 0 fully saturated rings. The lowest BCUT2D eigenvalue weighted by Gasteiger charge is -2.23. The van der Waals surface area contributed by atoms with Crippen LogP contribution in [0.1, 0.15) is 12.6 Å². The molecule has 0 aliphatic heterocycles. The fraction of sp³-hybridized carbons (Fsp3) is 0.467. The van der Waals surface area contributed by atoms with Crippen molar-refractivity contribution in [2.24, 2.45) is 7.05 Å². The van der Waals surface area contributed by atoms with Gasteiger partial charge in [-0.05, 0) is 19.9 Å². The van der Waals surface area contributed by atoms with Crippen LogP contribution in [0.3, 0.4) is 0 Å². The number of aryl methyl sites for hydroxylation is 1. The van der Waals surface area contributed by atoms with Crippen LogP contribution in [0.4, 0.5) is 0 Å². The molecule has 0 radical (unpaired) electrons. The Kier molecular flexibility index (Phi) is 4.79. The van der Waals surface area contributed by atoms with Gasteiger partial charge in [0.25, 0.3) is 0 Å². The molecule has 0 unspecified atom stereocenters. The number of fused-ring (bicyclic) bond motifs is 1. The summed E-state index contributed by atoms with van der Waals surface area (Å²) in [5, 5.41) is 0.721. The predicted octanol–water partition coefficient (Wildman–Crippen LogP) is 1.87. The Morgan fingerprint density at radius 1 is 1.32 bits per heavy atom. The lowest BCUT2D eigenvalue weighted by atomic mass is 10.2. The van der Waals surface area contributed by atoms with Gasteiger partial charge in [-0.15, -0.1) is 0 Å². The van der Waals surface area contributed by atoms with E-state index >= 15 is 0 Å². The van der Waals surface area contributed by atoms with Gasteiger partial charge in [0.1, 0.15) is 4.90 Å². The maximum absolute atomic E-state index is 13.0. The summed E-state index contributed by atoms with van der Waals surface area (Å²) in [7, 11) is -1.28. The number of nitrogens with zero attached hydrogens (tertiary/aromatic N) is 2. The summed E-state index contributed by atoms with van der Waals surface area (Å²) in [5.74, 6) is 0.319. The van der Waals surface area contributed by atoms with Gasteiger partial charge >= 0.3 is 0 Å². The molecule has 0 saturated carbocycles. The molecule has 0 N–H and O–H groups in total. The van der Waals surface area contributed by atoms with Crippen molar-refractivity contribution < 1.29 is 12.6 Å². The first-order valence-corrected chi connectivity index (χ1v) is 10.2. The van der Waals surface area contributed by atoms with Crippen molar-refractivity contribution in [2.75, 3.05) is 19.1 Å². The molecule has 0 saturated heterocycles. The average Bonchev–Trinajstić information content (AvgIpc) is 2.70. The highest BCUT2D eigenvalue weighted by molar-refractivity contribution is 7.89. The predicted molar refractivity (Wildman–Crippen MR) is 91.0 cm³/mol. The molecular weight excluding hydrogens is 320 g/mol. The van der Waals surface area contributed by atoms with Crippen molar-refractivity contribution in [2.45, 2.75) is 24.8 Å². The number of hydrogen-bond acceptors (Lipinski definition) is 3. The third kappa shape index (κ3) is 2.85. The minimum absolute atomic E-state index is 0.319. The zero-order valence-electron chi connectivity index (χ0n) is 13.5. The second-order valence-corrected chi connectivity index (χ2v) is 9.01. The fourth-order valence-electron chi connectivity index (χ4n) is 2.64. The van der Waals surface area contributed by atoms with Gasteiger partial charge in [-0.25, -0.2) is 8.42 Å². The number of benzene rings is 1. The standard InChI is InChI=1S/C15H22N2O3S2/c1-11(10-21(5)18)17(4)22(19,20)15-12(2)16(3)14-9-7-6-8-13(14)15/h6-9,11H,10H2,1-5H3/t11-,21-/m1/s1. The Labute approximate surface area is 134 Å². The van der Waals surface area contributed by atoms with E-state index in [1.54, 1.807) is 20.2 Å². The first-order valence-electron chi connectivity index (χ1n) is 7.00. The van der Waals surface area contributed by atoms with Crippen molar-refractivity contribution in [3.63, 3.8) is 0 Å². The van der Waals surface area contributed by atoms with Crippen molar-refractivity contribution in [3.05, 3.63) is 30.0 Å². The molecule has 0 spiro atoms. The Hall–Kier alpha value is -1.18. The maximum atomic E-state index is 13.0. The molecular formula is C15H22N2O3S2. The summed E-state index contributed by atoms with van der Waals surface area (Å²) < 4.78 is 40.6. The van der Waals surface area contributed by atoms with E-state index < -0.39 is 20.8 Å². The summed E-state index contributed by atoms with van der Waals surface area (Å²) in [6.07, 6.45) is 1.58. The molecule has 0 aliphatic rings. The summed E-state index contributed by atoms with van der Waals surface area (Å²) in [5.41, 5.74) is 1.59. The monoisotopic (exact) mass is 342 g/mol. The van der Waals surface area contributed by atoms with Crippen LogP contribution >= 0.6 is 0 Å². The van der Waals surface area contributed by atoms with E-state index in [2.05, 4.69) is 0 Å². The molecule has 1 aromatic heterocycles. The molecule has 122 valence electrons. The third-order valence-electron chi connectivity index (χ3n) is 4.08. The zero-order valence-corrected chi connectivity index (χ0v) is 15.2. The van der Waals surface area contributed by atoms with Gasteiger partial charge in [0.2, 0.25) is 10.0 Å². The smallest absolute Gasteiger partial charge is 0.245 e. The molecule has 2 rings (SSSR count). The largest absolute Gasteiger partial charge is 0.347 e. The van der Waals surface area contributed by atoms with Crippen LogP contribution in [-0.2, 0) is 27.9 Å². The lowest BCUT2D eigenvalue weighted by molar-refractivity contribution is 0.413. The van der Waals surface area contributed by atoms with Crippen molar-refractivity contribution in [1.82, 2.24) is 8.87 Å². The minimum Gasteiger partial charge on any atom is -0.347 e. The van der Waals surface area contributed by atoms with E-state index in [9.17, 15) is 12.6 Å². The first kappa shape index (κ1) is 17.2. The molecule has 2 atom stereocenters. The van der Waals surface area contributed by atoms with Crippen LogP contribution < -0.4 is 0 Å². The second-order valence-electron chi connectivity index (χ2n) is 5.60. The van der Waals surface area contributed by atoms with Crippen molar-refractivity contribution >= 4 is 31.7 Å². The molecule has 0 aliphatic carbocycles. The van der Waals surface area contributed by atoms with E-state index in [-0.39, 0.29) is 6.04 Å². The maximum Gasteiger partial charge on any atom is 0.245 e. The average molecular weight is 342 g/mol. The number of para-hydroxylation sites is 1. The van der Waals surface area contributed by atoms with Gasteiger partial charge in [-0.3, -0.25) is 4.21 Å². The van der Waals surface area contributed by atoms with Gasteiger partial charge < -0.3 is 4.57 Å². The number of hydrogen-bond donors (Lipinski definition) is 0. The highest BCUT2D eigenvalue weighted by atomic mass is 32.2. The van der Waals surface area contributed by atoms with E-state index in [0.717, 1.165) is 10.9 Å². The Bertz CT molecular complexity index is 825. The third-order valence-corrected chi connectivity index (χ3v) is 7.18. The molecule has 5 nitrogen and oxygen atoms in total. The summed E-state index contributed by atoms with van der Waals surface area (Å²) >= 11 is 0. The van der Waals surface area contributed by atoms with Gasteiger partial charge in [0.05, 0.1) is 0 Å². The Morgan fingerprint density at radius 3 is 2.50 bits per heavy atom. The van der Waals surface area contributed by atoms with E-state index in [1.165, 1.54) is 4.31 Å². The summed E-state index contributed by atoms with van der Waals surface area (Å²) in [4.78, 5) is 0.335. The van der Waals surface area contributed by atoms with E-state index in [0.29, 0.717) is 16.3 Å². The Balaban J connectivity index is 2.60. The minimum atomic E-state index is -3.64. The van der Waals surface area contributed by atoms with Crippen LogP contribution in [-0.4, -0.2) is 46.6 Å². The van der Waals surface area contributed by atoms with E-state index in [1.807, 2.05) is 42.8 Å². The molecule has 7 heteroatoms. The lowest BCUT2D eigenvalue weighted by Crippen LogP contribution is -2.38. The number of aromatic nitrogens is 1. The van der Waals surface area contributed by atoms with Crippen LogP contribution in [0.15, 0.2) is 29.2 Å². The molecule has 22 heavy (non-hydrogen) atoms.